The van der Waals surface area contributed by atoms with E-state index in [1.165, 1.54) is 22.3 Å². The number of alkyl halides is 1. The Morgan fingerprint density at radius 2 is 1.76 bits per heavy atom. The maximum absolute atomic E-state index is 6.95. The summed E-state index contributed by atoms with van der Waals surface area (Å²) in [7, 11) is 0. The second-order valence-electron chi connectivity index (χ2n) is 6.66. The molecule has 114 valence electrons. The molecule has 1 aliphatic carbocycles. The highest BCUT2D eigenvalue weighted by Crippen LogP contribution is 2.54. The minimum atomic E-state index is -0.215. The van der Waals surface area contributed by atoms with Crippen LogP contribution >= 0.6 is 11.6 Å². The molecule has 21 heavy (non-hydrogen) atoms. The summed E-state index contributed by atoms with van der Waals surface area (Å²) in [6.07, 6.45) is 7.63. The van der Waals surface area contributed by atoms with Gasteiger partial charge in [0, 0.05) is 5.41 Å². The van der Waals surface area contributed by atoms with E-state index in [0.29, 0.717) is 0 Å². The maximum atomic E-state index is 6.95. The summed E-state index contributed by atoms with van der Waals surface area (Å²) < 4.78 is 0. The van der Waals surface area contributed by atoms with E-state index in [1.807, 2.05) is 0 Å². The van der Waals surface area contributed by atoms with Crippen molar-refractivity contribution in [3.63, 3.8) is 0 Å². The van der Waals surface area contributed by atoms with Crippen molar-refractivity contribution in [1.29, 1.82) is 0 Å². The van der Waals surface area contributed by atoms with Crippen LogP contribution in [-0.2, 0) is 0 Å². The van der Waals surface area contributed by atoms with Gasteiger partial charge < -0.3 is 0 Å². The number of halogens is 1. The van der Waals surface area contributed by atoms with Gasteiger partial charge in [-0.15, -0.1) is 11.6 Å². The molecule has 0 heterocycles. The van der Waals surface area contributed by atoms with Gasteiger partial charge in [0.15, 0.2) is 0 Å². The van der Waals surface area contributed by atoms with Gasteiger partial charge in [0.1, 0.15) is 0 Å². The molecular formula is C20H27Cl. The van der Waals surface area contributed by atoms with Crippen molar-refractivity contribution in [2.45, 2.75) is 58.8 Å². The molecule has 1 aromatic carbocycles. The number of hydrogen-bond acceptors (Lipinski definition) is 0. The van der Waals surface area contributed by atoms with Crippen LogP contribution in [0.1, 0.15) is 58.1 Å². The molecule has 0 fully saturated rings. The number of benzene rings is 1. The number of allylic oxidation sites excluding steroid dienone is 4. The minimum Gasteiger partial charge on any atom is -0.114 e. The average molecular weight is 303 g/mol. The zero-order valence-electron chi connectivity index (χ0n) is 14.0. The zero-order valence-corrected chi connectivity index (χ0v) is 14.7. The van der Waals surface area contributed by atoms with Gasteiger partial charge in [0.25, 0.3) is 0 Å². The van der Waals surface area contributed by atoms with E-state index in [-0.39, 0.29) is 10.3 Å². The summed E-state index contributed by atoms with van der Waals surface area (Å²) in [6, 6.07) is 8.86. The Morgan fingerprint density at radius 3 is 2.29 bits per heavy atom. The van der Waals surface area contributed by atoms with Crippen LogP contribution in [0.15, 0.2) is 42.0 Å². The highest BCUT2D eigenvalue weighted by molar-refractivity contribution is 6.26. The molecule has 1 aliphatic rings. The van der Waals surface area contributed by atoms with Gasteiger partial charge in [-0.2, -0.15) is 0 Å². The first-order chi connectivity index (χ1) is 9.85. The van der Waals surface area contributed by atoms with Crippen molar-refractivity contribution in [3.8, 4) is 0 Å². The van der Waals surface area contributed by atoms with E-state index in [4.69, 9.17) is 11.6 Å². The van der Waals surface area contributed by atoms with E-state index in [1.54, 1.807) is 0 Å². The minimum absolute atomic E-state index is 0.0126. The first-order valence-corrected chi connectivity index (χ1v) is 8.40. The molecule has 1 heteroatoms. The fourth-order valence-electron chi connectivity index (χ4n) is 3.52. The van der Waals surface area contributed by atoms with Gasteiger partial charge in [-0.1, -0.05) is 69.7 Å². The molecule has 0 radical (unpaired) electrons. The Morgan fingerprint density at radius 1 is 1.14 bits per heavy atom. The van der Waals surface area contributed by atoms with E-state index in [9.17, 15) is 0 Å². The molecule has 2 rings (SSSR count). The van der Waals surface area contributed by atoms with Crippen LogP contribution in [0.2, 0.25) is 0 Å². The Labute approximate surface area is 134 Å². The standard InChI is InChI=1S/C20H27Cl/c1-6-8-18-19(4,5)17(13-14-20(18,21)7-2)16-11-9-15(3)10-12-16/h8-13H,6-7,14H2,1-5H3/b18-8-/t20-/m0/s1. The molecule has 0 aromatic heterocycles. The van der Waals surface area contributed by atoms with E-state index < -0.39 is 0 Å². The number of rotatable bonds is 3. The van der Waals surface area contributed by atoms with Crippen LogP contribution in [0.25, 0.3) is 5.57 Å². The summed E-state index contributed by atoms with van der Waals surface area (Å²) >= 11 is 6.95. The lowest BCUT2D eigenvalue weighted by Crippen LogP contribution is -2.36. The maximum Gasteiger partial charge on any atom is 0.0695 e. The molecule has 0 nitrogen and oxygen atoms in total. The third-order valence-corrected chi connectivity index (χ3v) is 5.42. The normalized spacial score (nSPS) is 26.8. The average Bonchev–Trinajstić information content (AvgIpc) is 2.45. The van der Waals surface area contributed by atoms with Crippen molar-refractivity contribution in [3.05, 3.63) is 53.1 Å². The summed E-state index contributed by atoms with van der Waals surface area (Å²) in [5.41, 5.74) is 5.41. The topological polar surface area (TPSA) is 0 Å². The highest BCUT2D eigenvalue weighted by atomic mass is 35.5. The Hall–Kier alpha value is -1.01. The second kappa shape index (κ2) is 6.01. The van der Waals surface area contributed by atoms with Crippen molar-refractivity contribution in [1.82, 2.24) is 0 Å². The highest BCUT2D eigenvalue weighted by Gasteiger charge is 2.43. The van der Waals surface area contributed by atoms with E-state index in [2.05, 4.69) is 71.0 Å². The van der Waals surface area contributed by atoms with Crippen LogP contribution in [0.4, 0.5) is 0 Å². The predicted octanol–water partition coefficient (Wildman–Crippen LogP) is 6.53. The Kier molecular flexibility index (Phi) is 4.68. The lowest BCUT2D eigenvalue weighted by Gasteiger charge is -2.44. The molecule has 0 aliphatic heterocycles. The Balaban J connectivity index is 2.54. The van der Waals surface area contributed by atoms with Crippen LogP contribution in [-0.4, -0.2) is 4.87 Å². The third-order valence-electron chi connectivity index (χ3n) is 4.79. The third kappa shape index (κ3) is 2.97. The van der Waals surface area contributed by atoms with E-state index in [0.717, 1.165) is 19.3 Å². The summed E-state index contributed by atoms with van der Waals surface area (Å²) in [5.74, 6) is 0. The molecule has 0 N–H and O–H groups in total. The summed E-state index contributed by atoms with van der Waals surface area (Å²) in [6.45, 7) is 11.1. The molecule has 0 spiro atoms. The molecule has 1 atom stereocenters. The molecule has 0 saturated carbocycles. The van der Waals surface area contributed by atoms with Gasteiger partial charge in [0.05, 0.1) is 4.87 Å². The number of aryl methyl sites for hydroxylation is 1. The Bertz CT molecular complexity index is 560. The molecule has 0 unspecified atom stereocenters. The largest absolute Gasteiger partial charge is 0.114 e. The summed E-state index contributed by atoms with van der Waals surface area (Å²) in [5, 5.41) is 0. The van der Waals surface area contributed by atoms with Crippen LogP contribution in [0.3, 0.4) is 0 Å². The zero-order chi connectivity index (χ0) is 15.7. The van der Waals surface area contributed by atoms with Crippen molar-refractivity contribution < 1.29 is 0 Å². The van der Waals surface area contributed by atoms with Gasteiger partial charge in [-0.3, -0.25) is 0 Å². The van der Waals surface area contributed by atoms with Crippen LogP contribution in [0.5, 0.6) is 0 Å². The van der Waals surface area contributed by atoms with Crippen molar-refractivity contribution in [2.24, 2.45) is 5.41 Å². The SMILES string of the molecule is CC/C=C1/C(C)(C)C(c2ccc(C)cc2)=CC[C@@]1(Cl)CC. The molecule has 0 amide bonds. The fourth-order valence-corrected chi connectivity index (χ4v) is 3.91. The monoisotopic (exact) mass is 302 g/mol. The molecule has 0 saturated heterocycles. The molecular weight excluding hydrogens is 276 g/mol. The predicted molar refractivity (Wildman–Crippen MR) is 94.8 cm³/mol. The second-order valence-corrected chi connectivity index (χ2v) is 7.38. The fraction of sp³-hybridized carbons (Fsp3) is 0.500. The van der Waals surface area contributed by atoms with Gasteiger partial charge >= 0.3 is 0 Å². The van der Waals surface area contributed by atoms with Gasteiger partial charge in [-0.05, 0) is 42.9 Å². The molecule has 1 aromatic rings. The lowest BCUT2D eigenvalue weighted by molar-refractivity contribution is 0.470. The van der Waals surface area contributed by atoms with Crippen LogP contribution in [0, 0.1) is 12.3 Å². The first kappa shape index (κ1) is 16.4. The molecule has 0 bridgehead atoms. The van der Waals surface area contributed by atoms with Gasteiger partial charge in [-0.25, -0.2) is 0 Å². The van der Waals surface area contributed by atoms with Crippen LogP contribution < -0.4 is 0 Å². The smallest absolute Gasteiger partial charge is 0.0695 e. The summed E-state index contributed by atoms with van der Waals surface area (Å²) in [4.78, 5) is -0.215. The first-order valence-electron chi connectivity index (χ1n) is 8.03. The lowest BCUT2D eigenvalue weighted by atomic mass is 9.64. The van der Waals surface area contributed by atoms with Crippen molar-refractivity contribution >= 4 is 17.2 Å². The van der Waals surface area contributed by atoms with Gasteiger partial charge in [0.2, 0.25) is 0 Å². The number of hydrogen-bond donors (Lipinski definition) is 0. The quantitative estimate of drug-likeness (QED) is 0.439. The van der Waals surface area contributed by atoms with Crippen molar-refractivity contribution in [2.75, 3.05) is 0 Å². The van der Waals surface area contributed by atoms with E-state index >= 15 is 0 Å².